The van der Waals surface area contributed by atoms with Gasteiger partial charge in [0.2, 0.25) is 5.95 Å². The van der Waals surface area contributed by atoms with Gasteiger partial charge < -0.3 is 10.2 Å². The number of hydrogen-bond acceptors (Lipinski definition) is 4. The first-order valence-corrected chi connectivity index (χ1v) is 6.85. The van der Waals surface area contributed by atoms with Crippen molar-refractivity contribution in [1.29, 1.82) is 0 Å². The molecule has 2 bridgehead atoms. The van der Waals surface area contributed by atoms with Crippen molar-refractivity contribution in [1.82, 2.24) is 14.9 Å². The minimum absolute atomic E-state index is 0.544. The van der Waals surface area contributed by atoms with Gasteiger partial charge in [-0.3, -0.25) is 0 Å². The molecule has 0 radical (unpaired) electrons. The maximum Gasteiger partial charge on any atom is 0.222 e. The topological polar surface area (TPSA) is 41.1 Å². The molecule has 4 heterocycles. The molecule has 5 heteroatoms. The largest absolute Gasteiger partial charge is 0.350 e. The van der Waals surface area contributed by atoms with Crippen LogP contribution in [0.2, 0.25) is 0 Å². The maximum absolute atomic E-state index is 4.31. The van der Waals surface area contributed by atoms with Crippen molar-refractivity contribution in [2.75, 3.05) is 25.0 Å². The zero-order chi connectivity index (χ0) is 11.0. The van der Waals surface area contributed by atoms with E-state index in [1.54, 1.807) is 0 Å². The van der Waals surface area contributed by atoms with Crippen LogP contribution in [-0.4, -0.2) is 40.5 Å². The fourth-order valence-corrected chi connectivity index (χ4v) is 2.96. The third-order valence-electron chi connectivity index (χ3n) is 3.59. The summed E-state index contributed by atoms with van der Waals surface area (Å²) in [6.45, 7) is 3.70. The van der Waals surface area contributed by atoms with Gasteiger partial charge in [0.15, 0.2) is 0 Å². The van der Waals surface area contributed by atoms with E-state index in [1.807, 2.05) is 12.4 Å². The summed E-state index contributed by atoms with van der Waals surface area (Å²) in [5.41, 5.74) is 0. The Morgan fingerprint density at radius 2 is 1.94 bits per heavy atom. The number of hydrogen-bond donors (Lipinski definition) is 1. The van der Waals surface area contributed by atoms with E-state index in [2.05, 4.69) is 42.8 Å². The molecule has 0 spiro atoms. The average Bonchev–Trinajstić information content (AvgIpc) is 2.34. The van der Waals surface area contributed by atoms with Crippen LogP contribution in [-0.2, 0) is 0 Å². The smallest absolute Gasteiger partial charge is 0.222 e. The number of rotatable bonds is 2. The molecule has 1 atom stereocenters. The van der Waals surface area contributed by atoms with Crippen LogP contribution in [0.1, 0.15) is 12.8 Å². The molecule has 3 aliphatic heterocycles. The van der Waals surface area contributed by atoms with E-state index in [1.165, 1.54) is 25.9 Å². The Bertz CT molecular complexity index is 359. The summed E-state index contributed by atoms with van der Waals surface area (Å²) < 4.78 is 1.08. The van der Waals surface area contributed by atoms with Crippen LogP contribution in [0.4, 0.5) is 5.95 Å². The lowest BCUT2D eigenvalue weighted by Gasteiger charge is -2.44. The first-order chi connectivity index (χ1) is 7.81. The third kappa shape index (κ3) is 2.15. The molecule has 86 valence electrons. The van der Waals surface area contributed by atoms with Gasteiger partial charge >= 0.3 is 0 Å². The number of piperidine rings is 3. The third-order valence-corrected chi connectivity index (χ3v) is 4.15. The number of halogens is 1. The van der Waals surface area contributed by atoms with Crippen LogP contribution in [0.25, 0.3) is 0 Å². The van der Waals surface area contributed by atoms with E-state index in [0.717, 1.165) is 22.0 Å². The average molecular weight is 330 g/mol. The zero-order valence-corrected chi connectivity index (χ0v) is 11.2. The summed E-state index contributed by atoms with van der Waals surface area (Å²) in [7, 11) is 0. The molecule has 1 N–H and O–H groups in total. The predicted molar refractivity (Wildman–Crippen MR) is 71.3 cm³/mol. The first-order valence-electron chi connectivity index (χ1n) is 5.78. The van der Waals surface area contributed by atoms with E-state index in [0.29, 0.717) is 6.04 Å². The number of nitrogens with zero attached hydrogens (tertiary/aromatic N) is 3. The lowest BCUT2D eigenvalue weighted by atomic mass is 9.84. The van der Waals surface area contributed by atoms with Crippen LogP contribution >= 0.6 is 22.6 Å². The molecule has 0 aliphatic carbocycles. The highest BCUT2D eigenvalue weighted by Crippen LogP contribution is 2.28. The second-order valence-corrected chi connectivity index (χ2v) is 5.86. The van der Waals surface area contributed by atoms with Gasteiger partial charge in [-0.1, -0.05) is 0 Å². The van der Waals surface area contributed by atoms with Gasteiger partial charge in [-0.15, -0.1) is 0 Å². The summed E-state index contributed by atoms with van der Waals surface area (Å²) in [5.74, 6) is 1.59. The predicted octanol–water partition coefficient (Wildman–Crippen LogP) is 1.59. The highest BCUT2D eigenvalue weighted by molar-refractivity contribution is 14.1. The van der Waals surface area contributed by atoms with Gasteiger partial charge in [-0.25, -0.2) is 9.97 Å². The quantitative estimate of drug-likeness (QED) is 0.836. The Balaban J connectivity index is 1.68. The van der Waals surface area contributed by atoms with Gasteiger partial charge in [0, 0.05) is 28.6 Å². The normalized spacial score (nSPS) is 32.7. The van der Waals surface area contributed by atoms with E-state index >= 15 is 0 Å². The van der Waals surface area contributed by atoms with Gasteiger partial charge in [-0.05, 0) is 54.4 Å². The highest BCUT2D eigenvalue weighted by Gasteiger charge is 2.34. The summed E-state index contributed by atoms with van der Waals surface area (Å²) in [6.07, 6.45) is 6.36. The second-order valence-electron chi connectivity index (χ2n) is 4.61. The molecule has 0 aromatic carbocycles. The minimum Gasteiger partial charge on any atom is -0.350 e. The van der Waals surface area contributed by atoms with Gasteiger partial charge in [0.05, 0.1) is 0 Å². The monoisotopic (exact) mass is 330 g/mol. The molecule has 0 saturated carbocycles. The number of aromatic nitrogens is 2. The lowest BCUT2D eigenvalue weighted by molar-refractivity contribution is 0.0972. The van der Waals surface area contributed by atoms with E-state index in [-0.39, 0.29) is 0 Å². The van der Waals surface area contributed by atoms with Gasteiger partial charge in [0.25, 0.3) is 0 Å². The Morgan fingerprint density at radius 3 is 2.50 bits per heavy atom. The Morgan fingerprint density at radius 1 is 1.25 bits per heavy atom. The number of anilines is 1. The summed E-state index contributed by atoms with van der Waals surface area (Å²) in [5, 5.41) is 3.47. The van der Waals surface area contributed by atoms with Crippen molar-refractivity contribution in [2.24, 2.45) is 5.92 Å². The van der Waals surface area contributed by atoms with Crippen molar-refractivity contribution in [3.63, 3.8) is 0 Å². The van der Waals surface area contributed by atoms with Crippen LogP contribution in [0.5, 0.6) is 0 Å². The fraction of sp³-hybridized carbons (Fsp3) is 0.636. The van der Waals surface area contributed by atoms with Gasteiger partial charge in [-0.2, -0.15) is 0 Å². The second kappa shape index (κ2) is 4.44. The van der Waals surface area contributed by atoms with E-state index in [4.69, 9.17) is 0 Å². The molecule has 16 heavy (non-hydrogen) atoms. The van der Waals surface area contributed by atoms with Crippen molar-refractivity contribution in [3.8, 4) is 0 Å². The molecule has 1 aromatic rings. The molecule has 1 aromatic heterocycles. The van der Waals surface area contributed by atoms with Gasteiger partial charge in [0.1, 0.15) is 0 Å². The SMILES string of the molecule is Ic1cnc(NC2CN3CCC2CC3)nc1. The van der Waals surface area contributed by atoms with Crippen LogP contribution in [0, 0.1) is 9.49 Å². The molecule has 1 unspecified atom stereocenters. The first kappa shape index (κ1) is 10.7. The molecular weight excluding hydrogens is 315 g/mol. The Kier molecular flexibility index (Phi) is 2.97. The van der Waals surface area contributed by atoms with Crippen LogP contribution in [0.15, 0.2) is 12.4 Å². The lowest BCUT2D eigenvalue weighted by Crippen LogP contribution is -2.53. The summed E-state index contributed by atoms with van der Waals surface area (Å²) >= 11 is 2.22. The zero-order valence-electron chi connectivity index (χ0n) is 9.06. The maximum atomic E-state index is 4.31. The molecular formula is C11H15IN4. The number of nitrogens with one attached hydrogen (secondary N) is 1. The summed E-state index contributed by atoms with van der Waals surface area (Å²) in [6, 6.07) is 0.544. The summed E-state index contributed by atoms with van der Waals surface area (Å²) in [4.78, 5) is 11.1. The van der Waals surface area contributed by atoms with Crippen molar-refractivity contribution in [2.45, 2.75) is 18.9 Å². The Labute approximate surface area is 109 Å². The van der Waals surface area contributed by atoms with Crippen molar-refractivity contribution < 1.29 is 0 Å². The molecule has 4 rings (SSSR count). The standard InChI is InChI=1S/C11H15IN4/c12-9-5-13-11(14-6-9)15-10-7-16-3-1-8(10)2-4-16/h5-6,8,10H,1-4,7H2,(H,13,14,15). The molecule has 0 amide bonds. The molecule has 4 nitrogen and oxygen atoms in total. The van der Waals surface area contributed by atoms with Crippen molar-refractivity contribution >= 4 is 28.5 Å². The molecule has 3 fully saturated rings. The molecule has 3 aliphatic rings. The van der Waals surface area contributed by atoms with E-state index < -0.39 is 0 Å². The van der Waals surface area contributed by atoms with E-state index in [9.17, 15) is 0 Å². The van der Waals surface area contributed by atoms with Crippen LogP contribution < -0.4 is 5.32 Å². The highest BCUT2D eigenvalue weighted by atomic mass is 127. The Hall–Kier alpha value is -0.430. The number of fused-ring (bicyclic) bond motifs is 3. The minimum atomic E-state index is 0.544. The van der Waals surface area contributed by atoms with Crippen LogP contribution in [0.3, 0.4) is 0 Å². The molecule has 3 saturated heterocycles. The fourth-order valence-electron chi connectivity index (χ4n) is 2.68. The van der Waals surface area contributed by atoms with Crippen molar-refractivity contribution in [3.05, 3.63) is 16.0 Å².